The number of anilines is 1. The van der Waals surface area contributed by atoms with Crippen molar-refractivity contribution in [2.24, 2.45) is 0 Å². The summed E-state index contributed by atoms with van der Waals surface area (Å²) < 4.78 is 0. The fourth-order valence-corrected chi connectivity index (χ4v) is 4.85. The van der Waals surface area contributed by atoms with Crippen molar-refractivity contribution in [3.63, 3.8) is 0 Å². The van der Waals surface area contributed by atoms with Gasteiger partial charge in [-0.3, -0.25) is 9.80 Å². The fraction of sp³-hybridized carbons (Fsp3) is 0.381. The summed E-state index contributed by atoms with van der Waals surface area (Å²) in [6.07, 6.45) is 1.39. The molecule has 0 saturated heterocycles. The van der Waals surface area contributed by atoms with E-state index in [2.05, 4.69) is 4.90 Å². The average molecular weight is 440 g/mol. The maximum absolute atomic E-state index is 11.9. The quantitative estimate of drug-likeness (QED) is 0.596. The highest BCUT2D eigenvalue weighted by atomic mass is 35.5. The molecule has 1 fully saturated rings. The summed E-state index contributed by atoms with van der Waals surface area (Å²) >= 11 is 18.8. The summed E-state index contributed by atoms with van der Waals surface area (Å²) in [6, 6.07) is 12.0. The zero-order chi connectivity index (χ0) is 19.8. The molecule has 0 unspecified atom stereocenters. The van der Waals surface area contributed by atoms with E-state index in [4.69, 9.17) is 34.8 Å². The number of alkyl halides is 1. The van der Waals surface area contributed by atoms with Gasteiger partial charge < -0.3 is 5.11 Å². The number of para-hydroxylation sites is 1. The van der Waals surface area contributed by atoms with Gasteiger partial charge >= 0.3 is 6.09 Å². The van der Waals surface area contributed by atoms with Gasteiger partial charge in [-0.15, -0.1) is 11.6 Å². The van der Waals surface area contributed by atoms with Crippen LogP contribution in [-0.2, 0) is 6.54 Å². The van der Waals surface area contributed by atoms with Crippen molar-refractivity contribution in [3.8, 4) is 0 Å². The molecule has 148 valence electrons. The van der Waals surface area contributed by atoms with Crippen LogP contribution in [0.3, 0.4) is 0 Å². The van der Waals surface area contributed by atoms with Crippen molar-refractivity contribution < 1.29 is 9.90 Å². The predicted octanol–water partition coefficient (Wildman–Crippen LogP) is 5.83. The molecule has 0 bridgehead atoms. The van der Waals surface area contributed by atoms with E-state index < -0.39 is 6.09 Å². The van der Waals surface area contributed by atoms with Crippen molar-refractivity contribution in [2.45, 2.75) is 31.3 Å². The zero-order valence-corrected chi connectivity index (χ0v) is 17.5. The van der Waals surface area contributed by atoms with Crippen molar-refractivity contribution in [3.05, 3.63) is 63.1 Å². The van der Waals surface area contributed by atoms with E-state index in [1.807, 2.05) is 30.3 Å². The molecule has 1 atom stereocenters. The Morgan fingerprint density at radius 3 is 2.61 bits per heavy atom. The Morgan fingerprint density at radius 2 is 1.93 bits per heavy atom. The van der Waals surface area contributed by atoms with Crippen LogP contribution in [0.2, 0.25) is 10.0 Å². The third-order valence-electron chi connectivity index (χ3n) is 5.55. The van der Waals surface area contributed by atoms with Gasteiger partial charge in [0, 0.05) is 47.5 Å². The SMILES string of the molecule is O=C(O)N(CCCl)c1ccccc1[C@@H]1CN(C2CC2)Cc2c(Cl)cc(Cl)cc21. The molecule has 1 amide bonds. The maximum atomic E-state index is 11.9. The molecule has 1 aliphatic carbocycles. The molecule has 1 aliphatic heterocycles. The van der Waals surface area contributed by atoms with E-state index in [0.29, 0.717) is 21.8 Å². The van der Waals surface area contributed by atoms with Crippen LogP contribution in [0.5, 0.6) is 0 Å². The normalized spacial score (nSPS) is 19.3. The lowest BCUT2D eigenvalue weighted by Crippen LogP contribution is -2.37. The van der Waals surface area contributed by atoms with E-state index in [9.17, 15) is 9.90 Å². The van der Waals surface area contributed by atoms with Gasteiger partial charge in [-0.1, -0.05) is 41.4 Å². The van der Waals surface area contributed by atoms with Crippen molar-refractivity contribution in [1.82, 2.24) is 4.90 Å². The summed E-state index contributed by atoms with van der Waals surface area (Å²) in [5, 5.41) is 11.0. The molecule has 4 nitrogen and oxygen atoms in total. The summed E-state index contributed by atoms with van der Waals surface area (Å²) in [4.78, 5) is 15.7. The number of amides is 1. The monoisotopic (exact) mass is 438 g/mol. The summed E-state index contributed by atoms with van der Waals surface area (Å²) in [6.45, 7) is 1.86. The minimum Gasteiger partial charge on any atom is -0.465 e. The van der Waals surface area contributed by atoms with E-state index in [1.165, 1.54) is 17.7 Å². The van der Waals surface area contributed by atoms with E-state index >= 15 is 0 Å². The molecule has 7 heteroatoms. The highest BCUT2D eigenvalue weighted by Crippen LogP contribution is 2.44. The Labute approximate surface area is 179 Å². The van der Waals surface area contributed by atoms with Crippen LogP contribution in [0, 0.1) is 0 Å². The van der Waals surface area contributed by atoms with Crippen LogP contribution in [-0.4, -0.2) is 41.1 Å². The molecule has 0 radical (unpaired) electrons. The first-order chi connectivity index (χ1) is 13.5. The second-order valence-corrected chi connectivity index (χ2v) is 8.57. The van der Waals surface area contributed by atoms with Crippen molar-refractivity contribution in [1.29, 1.82) is 0 Å². The first-order valence-electron chi connectivity index (χ1n) is 9.36. The molecular weight excluding hydrogens is 419 g/mol. The Morgan fingerprint density at radius 1 is 1.18 bits per heavy atom. The third kappa shape index (κ3) is 3.84. The second-order valence-electron chi connectivity index (χ2n) is 7.35. The fourth-order valence-electron chi connectivity index (χ4n) is 4.12. The molecule has 1 saturated carbocycles. The summed E-state index contributed by atoms with van der Waals surface area (Å²) in [5.74, 6) is 0.224. The largest absolute Gasteiger partial charge is 0.465 e. The molecule has 4 rings (SSSR count). The van der Waals surface area contributed by atoms with Gasteiger partial charge in [0.15, 0.2) is 0 Å². The molecule has 1 heterocycles. The van der Waals surface area contributed by atoms with Crippen molar-refractivity contribution in [2.75, 3.05) is 23.9 Å². The minimum absolute atomic E-state index is 0.00562. The third-order valence-corrected chi connectivity index (χ3v) is 6.28. The second kappa shape index (κ2) is 8.11. The van der Waals surface area contributed by atoms with Gasteiger partial charge in [-0.2, -0.15) is 0 Å². The maximum Gasteiger partial charge on any atom is 0.411 e. The van der Waals surface area contributed by atoms with Crippen LogP contribution in [0.1, 0.15) is 35.4 Å². The topological polar surface area (TPSA) is 43.8 Å². The zero-order valence-electron chi connectivity index (χ0n) is 15.2. The Balaban J connectivity index is 1.84. The Bertz CT molecular complexity index is 901. The van der Waals surface area contributed by atoms with Gasteiger partial charge in [-0.05, 0) is 47.7 Å². The van der Waals surface area contributed by atoms with Crippen LogP contribution in [0.4, 0.5) is 10.5 Å². The number of carbonyl (C=O) groups is 1. The molecule has 0 aromatic heterocycles. The predicted molar refractivity (Wildman–Crippen MR) is 114 cm³/mol. The molecular formula is C21H21Cl3N2O2. The number of benzene rings is 2. The van der Waals surface area contributed by atoms with Crippen molar-refractivity contribution >= 4 is 46.6 Å². The van der Waals surface area contributed by atoms with Crippen LogP contribution >= 0.6 is 34.8 Å². The summed E-state index contributed by atoms with van der Waals surface area (Å²) in [5.41, 5.74) is 3.79. The van der Waals surface area contributed by atoms with E-state index in [-0.39, 0.29) is 18.3 Å². The highest BCUT2D eigenvalue weighted by Gasteiger charge is 2.37. The van der Waals surface area contributed by atoms with Gasteiger partial charge in [0.2, 0.25) is 0 Å². The van der Waals surface area contributed by atoms with Gasteiger partial charge in [0.05, 0.1) is 5.69 Å². The smallest absolute Gasteiger partial charge is 0.411 e. The highest BCUT2D eigenvalue weighted by molar-refractivity contribution is 6.35. The van der Waals surface area contributed by atoms with Gasteiger partial charge in [0.25, 0.3) is 0 Å². The molecule has 2 aromatic rings. The first kappa shape index (κ1) is 19.8. The number of halogens is 3. The van der Waals surface area contributed by atoms with Gasteiger partial charge in [-0.25, -0.2) is 4.79 Å². The number of nitrogens with zero attached hydrogens (tertiary/aromatic N) is 2. The van der Waals surface area contributed by atoms with E-state index in [0.717, 1.165) is 29.8 Å². The lowest BCUT2D eigenvalue weighted by Gasteiger charge is -2.37. The minimum atomic E-state index is -1.01. The first-order valence-corrected chi connectivity index (χ1v) is 10.7. The van der Waals surface area contributed by atoms with Crippen LogP contribution < -0.4 is 4.90 Å². The number of carboxylic acid groups (broad SMARTS) is 1. The number of fused-ring (bicyclic) bond motifs is 1. The number of hydrogen-bond donors (Lipinski definition) is 1. The van der Waals surface area contributed by atoms with Gasteiger partial charge in [0.1, 0.15) is 0 Å². The lowest BCUT2D eigenvalue weighted by molar-refractivity contribution is 0.202. The van der Waals surface area contributed by atoms with E-state index in [1.54, 1.807) is 6.07 Å². The summed E-state index contributed by atoms with van der Waals surface area (Å²) in [7, 11) is 0. The average Bonchev–Trinajstić information content (AvgIpc) is 3.50. The number of rotatable bonds is 5. The Kier molecular flexibility index (Phi) is 5.75. The lowest BCUT2D eigenvalue weighted by atomic mass is 9.83. The number of hydrogen-bond acceptors (Lipinski definition) is 2. The molecule has 1 N–H and O–H groups in total. The van der Waals surface area contributed by atoms with Crippen LogP contribution in [0.15, 0.2) is 36.4 Å². The van der Waals surface area contributed by atoms with Crippen LogP contribution in [0.25, 0.3) is 0 Å². The standard InChI is InChI=1S/C21H21Cl3N2O2/c22-7-8-26(21(27)28)20-4-2-1-3-15(20)17-11-25(14-5-6-14)12-18-16(17)9-13(23)10-19(18)24/h1-4,9-10,14,17H,5-8,11-12H2,(H,27,28)/t17-/m0/s1. The molecule has 28 heavy (non-hydrogen) atoms. The Hall–Kier alpha value is -1.46. The molecule has 2 aliphatic rings. The molecule has 2 aromatic carbocycles. The molecule has 0 spiro atoms.